The van der Waals surface area contributed by atoms with Crippen LogP contribution in [0.4, 0.5) is 13.2 Å². The maximum Gasteiger partial charge on any atom is 0.416 e. The molecule has 0 unspecified atom stereocenters. The number of aromatic amines is 1. The summed E-state index contributed by atoms with van der Waals surface area (Å²) in [5.41, 5.74) is 0.0452. The zero-order valence-electron chi connectivity index (χ0n) is 15.1. The maximum atomic E-state index is 12.8. The van der Waals surface area contributed by atoms with E-state index in [1.165, 1.54) is 19.1 Å². The fraction of sp³-hybridized carbons (Fsp3) is 0.158. The van der Waals surface area contributed by atoms with E-state index >= 15 is 0 Å². The third-order valence-corrected chi connectivity index (χ3v) is 4.07. The Morgan fingerprint density at radius 3 is 2.72 bits per heavy atom. The van der Waals surface area contributed by atoms with Crippen molar-refractivity contribution in [3.8, 4) is 5.69 Å². The predicted octanol–water partition coefficient (Wildman–Crippen LogP) is 3.33. The summed E-state index contributed by atoms with van der Waals surface area (Å²) in [4.78, 5) is 28.4. The Hall–Kier alpha value is -3.69. The van der Waals surface area contributed by atoms with E-state index in [9.17, 15) is 22.8 Å². The van der Waals surface area contributed by atoms with Crippen molar-refractivity contribution in [1.82, 2.24) is 14.8 Å². The van der Waals surface area contributed by atoms with Crippen LogP contribution in [-0.4, -0.2) is 26.8 Å². The van der Waals surface area contributed by atoms with Gasteiger partial charge in [-0.15, -0.1) is 5.10 Å². The zero-order valence-corrected chi connectivity index (χ0v) is 15.1. The molecular weight excluding hydrogens is 389 g/mol. The molecule has 0 atom stereocenters. The Morgan fingerprint density at radius 1 is 1.24 bits per heavy atom. The van der Waals surface area contributed by atoms with Gasteiger partial charge in [0, 0.05) is 5.56 Å². The van der Waals surface area contributed by atoms with Crippen molar-refractivity contribution in [2.75, 3.05) is 0 Å². The lowest BCUT2D eigenvalue weighted by Crippen LogP contribution is -2.18. The largest absolute Gasteiger partial charge is 0.416 e. The van der Waals surface area contributed by atoms with E-state index < -0.39 is 17.4 Å². The van der Waals surface area contributed by atoms with Gasteiger partial charge in [-0.3, -0.25) is 4.79 Å². The highest BCUT2D eigenvalue weighted by Gasteiger charge is 2.30. The van der Waals surface area contributed by atoms with Crippen LogP contribution >= 0.6 is 0 Å². The van der Waals surface area contributed by atoms with Gasteiger partial charge < -0.3 is 4.84 Å². The normalized spacial score (nSPS) is 12.1. The van der Waals surface area contributed by atoms with Crippen LogP contribution in [0.1, 0.15) is 34.2 Å². The molecule has 0 bridgehead atoms. The number of halogens is 3. The van der Waals surface area contributed by atoms with E-state index in [-0.39, 0.29) is 23.7 Å². The highest BCUT2D eigenvalue weighted by Crippen LogP contribution is 2.29. The lowest BCUT2D eigenvalue weighted by Gasteiger charge is -2.10. The van der Waals surface area contributed by atoms with Crippen molar-refractivity contribution in [3.63, 3.8) is 0 Å². The molecule has 1 aromatic heterocycles. The summed E-state index contributed by atoms with van der Waals surface area (Å²) in [6.45, 7) is 1.44. The minimum Gasteiger partial charge on any atom is -0.391 e. The van der Waals surface area contributed by atoms with Crippen molar-refractivity contribution >= 4 is 12.0 Å². The van der Waals surface area contributed by atoms with Crippen LogP contribution in [0.15, 0.2) is 58.5 Å². The third kappa shape index (κ3) is 4.42. The predicted molar refractivity (Wildman–Crippen MR) is 98.0 cm³/mol. The van der Waals surface area contributed by atoms with E-state index in [1.807, 2.05) is 0 Å². The van der Waals surface area contributed by atoms with Gasteiger partial charge in [0.2, 0.25) is 5.82 Å². The summed E-state index contributed by atoms with van der Waals surface area (Å²) in [6.07, 6.45) is -4.02. The molecule has 10 heteroatoms. The molecule has 3 aromatic rings. The molecule has 1 N–H and O–H groups in total. The summed E-state index contributed by atoms with van der Waals surface area (Å²) in [5.74, 6) is -0.105. The highest BCUT2D eigenvalue weighted by atomic mass is 19.4. The summed E-state index contributed by atoms with van der Waals surface area (Å²) in [5, 5.41) is 9.69. The summed E-state index contributed by atoms with van der Waals surface area (Å²) >= 11 is 0. The number of alkyl halides is 3. The number of carbonyl (C=O) groups is 1. The fourth-order valence-electron chi connectivity index (χ4n) is 2.64. The highest BCUT2D eigenvalue weighted by molar-refractivity contribution is 5.98. The summed E-state index contributed by atoms with van der Waals surface area (Å²) < 4.78 is 39.6. The average molecular weight is 404 g/mol. The zero-order chi connectivity index (χ0) is 21.0. The van der Waals surface area contributed by atoms with Crippen LogP contribution < -0.4 is 5.69 Å². The lowest BCUT2D eigenvalue weighted by atomic mass is 10.1. The van der Waals surface area contributed by atoms with Crippen LogP contribution in [0.25, 0.3) is 5.69 Å². The standard InChI is InChI=1S/C19H15F3N4O3/c1-12(13-6-4-7-15(9-13)19(20,21)22)25-29-11-14-5-2-3-8-16(14)26-17(10-27)23-24-18(26)28/h2-10H,11H2,1H3,(H,24,28)/b25-12+. The summed E-state index contributed by atoms with van der Waals surface area (Å²) in [6, 6.07) is 11.4. The Kier molecular flexibility index (Phi) is 5.62. The summed E-state index contributed by atoms with van der Waals surface area (Å²) in [7, 11) is 0. The quantitative estimate of drug-likeness (QED) is 0.388. The average Bonchev–Trinajstić information content (AvgIpc) is 3.08. The number of carbonyl (C=O) groups excluding carboxylic acids is 1. The molecule has 0 amide bonds. The van der Waals surface area contributed by atoms with Gasteiger partial charge in [-0.1, -0.05) is 35.5 Å². The number of nitrogens with one attached hydrogen (secondary N) is 1. The first-order chi connectivity index (χ1) is 13.8. The molecule has 0 saturated carbocycles. The Bertz CT molecular complexity index is 1120. The third-order valence-electron chi connectivity index (χ3n) is 4.07. The first-order valence-electron chi connectivity index (χ1n) is 8.36. The van der Waals surface area contributed by atoms with Gasteiger partial charge in [-0.2, -0.15) is 13.2 Å². The molecule has 0 saturated heterocycles. The Labute approximate surface area is 162 Å². The molecule has 2 aromatic carbocycles. The van der Waals surface area contributed by atoms with Crippen LogP contribution in [0.3, 0.4) is 0 Å². The fourth-order valence-corrected chi connectivity index (χ4v) is 2.64. The number of hydrogen-bond donors (Lipinski definition) is 1. The molecule has 0 fully saturated rings. The van der Waals surface area contributed by atoms with E-state index in [2.05, 4.69) is 15.4 Å². The van der Waals surface area contributed by atoms with Crippen molar-refractivity contribution in [2.24, 2.45) is 5.16 Å². The molecule has 0 aliphatic rings. The number of H-pyrrole nitrogens is 1. The van der Waals surface area contributed by atoms with Crippen LogP contribution in [0.2, 0.25) is 0 Å². The number of aromatic nitrogens is 3. The number of nitrogens with zero attached hydrogens (tertiary/aromatic N) is 3. The topological polar surface area (TPSA) is 89.3 Å². The van der Waals surface area contributed by atoms with Gasteiger partial charge in [0.15, 0.2) is 6.29 Å². The number of hydrogen-bond acceptors (Lipinski definition) is 5. The molecule has 1 heterocycles. The van der Waals surface area contributed by atoms with Crippen molar-refractivity contribution in [3.05, 3.63) is 81.5 Å². The molecule has 0 aliphatic carbocycles. The number of rotatable bonds is 6. The SMILES string of the molecule is C/C(=N\OCc1ccccc1-n1c(C=O)n[nH]c1=O)c1cccc(C(F)(F)F)c1. The second-order valence-corrected chi connectivity index (χ2v) is 6.00. The van der Waals surface area contributed by atoms with E-state index in [4.69, 9.17) is 4.84 Å². The van der Waals surface area contributed by atoms with Crippen molar-refractivity contribution in [1.29, 1.82) is 0 Å². The van der Waals surface area contributed by atoms with Gasteiger partial charge in [0.25, 0.3) is 0 Å². The number of oxime groups is 1. The first kappa shape index (κ1) is 20.1. The first-order valence-corrected chi connectivity index (χ1v) is 8.36. The van der Waals surface area contributed by atoms with E-state index in [1.54, 1.807) is 24.3 Å². The monoisotopic (exact) mass is 404 g/mol. The van der Waals surface area contributed by atoms with Crippen molar-refractivity contribution in [2.45, 2.75) is 19.7 Å². The molecule has 29 heavy (non-hydrogen) atoms. The minimum absolute atomic E-state index is 0.0810. The smallest absolute Gasteiger partial charge is 0.391 e. The molecule has 7 nitrogen and oxygen atoms in total. The van der Waals surface area contributed by atoms with E-state index in [0.717, 1.165) is 16.7 Å². The molecule has 0 radical (unpaired) electrons. The minimum atomic E-state index is -4.45. The molecule has 3 rings (SSSR count). The Balaban J connectivity index is 1.82. The maximum absolute atomic E-state index is 12.8. The number of aldehydes is 1. The number of benzene rings is 2. The lowest BCUT2D eigenvalue weighted by molar-refractivity contribution is -0.137. The second-order valence-electron chi connectivity index (χ2n) is 6.00. The van der Waals surface area contributed by atoms with Gasteiger partial charge in [-0.05, 0) is 30.7 Å². The van der Waals surface area contributed by atoms with Crippen LogP contribution in [-0.2, 0) is 17.6 Å². The molecule has 0 spiro atoms. The van der Waals surface area contributed by atoms with Crippen LogP contribution in [0, 0.1) is 0 Å². The number of para-hydroxylation sites is 1. The van der Waals surface area contributed by atoms with Crippen molar-refractivity contribution < 1.29 is 22.8 Å². The van der Waals surface area contributed by atoms with Gasteiger partial charge in [0.05, 0.1) is 17.0 Å². The van der Waals surface area contributed by atoms with Gasteiger partial charge >= 0.3 is 11.9 Å². The second kappa shape index (κ2) is 8.13. The molecular formula is C19H15F3N4O3. The van der Waals surface area contributed by atoms with Gasteiger partial charge in [-0.25, -0.2) is 14.5 Å². The molecule has 0 aliphatic heterocycles. The van der Waals surface area contributed by atoms with Crippen LogP contribution in [0.5, 0.6) is 0 Å². The van der Waals surface area contributed by atoms with E-state index in [0.29, 0.717) is 17.5 Å². The molecule has 150 valence electrons. The Morgan fingerprint density at radius 2 is 2.00 bits per heavy atom. The van der Waals surface area contributed by atoms with Gasteiger partial charge in [0.1, 0.15) is 6.61 Å².